The van der Waals surface area contributed by atoms with Crippen LogP contribution in [-0.4, -0.2) is 48.8 Å². The third-order valence-corrected chi connectivity index (χ3v) is 4.27. The molecule has 26 heavy (non-hydrogen) atoms. The number of likely N-dealkylation sites (N-methyl/N-ethyl adjacent to an activating group) is 2. The van der Waals surface area contributed by atoms with Crippen LogP contribution in [0.5, 0.6) is 0 Å². The summed E-state index contributed by atoms with van der Waals surface area (Å²) in [6, 6.07) is 14.4. The summed E-state index contributed by atoms with van der Waals surface area (Å²) < 4.78 is 0. The Bertz CT molecular complexity index is 783. The molecule has 2 aromatic rings. The second kappa shape index (κ2) is 9.57. The number of carbonyl (C=O) groups excluding carboxylic acids is 2. The summed E-state index contributed by atoms with van der Waals surface area (Å²) in [5, 5.41) is 3.85. The standard InChI is InChI=1S/C19H21Cl2N3O2/c1-23(12-18(25)22-17-9-4-3-8-16(17)21)13-19(26)24(2)11-14-6-5-7-15(20)10-14/h3-10H,11-13H2,1-2H3,(H,22,25). The molecule has 0 atom stereocenters. The van der Waals surface area contributed by atoms with Gasteiger partial charge in [0.05, 0.1) is 23.8 Å². The lowest BCUT2D eigenvalue weighted by Crippen LogP contribution is -2.39. The van der Waals surface area contributed by atoms with Gasteiger partial charge in [-0.05, 0) is 36.9 Å². The molecule has 0 fully saturated rings. The van der Waals surface area contributed by atoms with Crippen molar-refractivity contribution in [1.82, 2.24) is 9.80 Å². The fourth-order valence-corrected chi connectivity index (χ4v) is 2.80. The van der Waals surface area contributed by atoms with Gasteiger partial charge in [0, 0.05) is 18.6 Å². The number of amides is 2. The molecule has 1 N–H and O–H groups in total. The molecular formula is C19H21Cl2N3O2. The van der Waals surface area contributed by atoms with E-state index >= 15 is 0 Å². The third kappa shape index (κ3) is 6.33. The molecule has 0 radical (unpaired) electrons. The second-order valence-electron chi connectivity index (χ2n) is 6.08. The molecule has 5 nitrogen and oxygen atoms in total. The van der Waals surface area contributed by atoms with E-state index in [2.05, 4.69) is 5.32 Å². The van der Waals surface area contributed by atoms with Gasteiger partial charge in [-0.25, -0.2) is 0 Å². The van der Waals surface area contributed by atoms with Gasteiger partial charge < -0.3 is 10.2 Å². The Morgan fingerprint density at radius 2 is 1.73 bits per heavy atom. The number of para-hydroxylation sites is 1. The highest BCUT2D eigenvalue weighted by atomic mass is 35.5. The summed E-state index contributed by atoms with van der Waals surface area (Å²) >= 11 is 12.0. The minimum atomic E-state index is -0.231. The zero-order valence-corrected chi connectivity index (χ0v) is 16.2. The van der Waals surface area contributed by atoms with Crippen molar-refractivity contribution in [2.24, 2.45) is 0 Å². The predicted octanol–water partition coefficient (Wildman–Crippen LogP) is 3.52. The molecular weight excluding hydrogens is 373 g/mol. The summed E-state index contributed by atoms with van der Waals surface area (Å²) in [6.45, 7) is 0.675. The Hall–Kier alpha value is -2.08. The molecule has 0 aliphatic carbocycles. The van der Waals surface area contributed by atoms with Crippen molar-refractivity contribution in [3.05, 3.63) is 64.1 Å². The van der Waals surface area contributed by atoms with Crippen molar-refractivity contribution in [3.8, 4) is 0 Å². The van der Waals surface area contributed by atoms with Gasteiger partial charge in [-0.3, -0.25) is 14.5 Å². The molecule has 7 heteroatoms. The van der Waals surface area contributed by atoms with Gasteiger partial charge in [0.15, 0.2) is 0 Å². The van der Waals surface area contributed by atoms with Crippen LogP contribution in [0, 0.1) is 0 Å². The lowest BCUT2D eigenvalue weighted by molar-refractivity contribution is -0.131. The minimum absolute atomic E-state index is 0.0852. The number of anilines is 1. The Labute approximate surface area is 163 Å². The fourth-order valence-electron chi connectivity index (χ4n) is 2.40. The monoisotopic (exact) mass is 393 g/mol. The Kier molecular flexibility index (Phi) is 7.45. The van der Waals surface area contributed by atoms with Gasteiger partial charge in [-0.2, -0.15) is 0 Å². The first-order valence-electron chi connectivity index (χ1n) is 8.06. The first-order valence-corrected chi connectivity index (χ1v) is 8.82. The van der Waals surface area contributed by atoms with Crippen molar-refractivity contribution >= 4 is 40.7 Å². The average molecular weight is 394 g/mol. The first-order chi connectivity index (χ1) is 12.3. The highest BCUT2D eigenvalue weighted by molar-refractivity contribution is 6.33. The minimum Gasteiger partial charge on any atom is -0.340 e. The average Bonchev–Trinajstić information content (AvgIpc) is 2.56. The number of nitrogens with one attached hydrogen (secondary N) is 1. The third-order valence-electron chi connectivity index (χ3n) is 3.70. The van der Waals surface area contributed by atoms with E-state index in [0.717, 1.165) is 5.56 Å². The van der Waals surface area contributed by atoms with Crippen molar-refractivity contribution < 1.29 is 9.59 Å². The van der Waals surface area contributed by atoms with Gasteiger partial charge in [0.2, 0.25) is 11.8 Å². The number of halogens is 2. The molecule has 2 rings (SSSR count). The number of rotatable bonds is 7. The van der Waals surface area contributed by atoms with Crippen LogP contribution in [0.4, 0.5) is 5.69 Å². The second-order valence-corrected chi connectivity index (χ2v) is 6.92. The Morgan fingerprint density at radius 3 is 2.42 bits per heavy atom. The molecule has 0 bridgehead atoms. The molecule has 0 saturated heterocycles. The van der Waals surface area contributed by atoms with E-state index in [-0.39, 0.29) is 24.9 Å². The molecule has 2 amide bonds. The first kappa shape index (κ1) is 20.2. The molecule has 0 saturated carbocycles. The van der Waals surface area contributed by atoms with Crippen LogP contribution in [0.15, 0.2) is 48.5 Å². The van der Waals surface area contributed by atoms with E-state index in [1.165, 1.54) is 0 Å². The van der Waals surface area contributed by atoms with Gasteiger partial charge in [-0.15, -0.1) is 0 Å². The molecule has 0 unspecified atom stereocenters. The smallest absolute Gasteiger partial charge is 0.238 e. The molecule has 0 aromatic heterocycles. The van der Waals surface area contributed by atoms with Gasteiger partial charge in [-0.1, -0.05) is 47.5 Å². The molecule has 2 aromatic carbocycles. The zero-order valence-electron chi connectivity index (χ0n) is 14.7. The molecule has 0 aliphatic heterocycles. The molecule has 138 valence electrons. The highest BCUT2D eigenvalue weighted by Gasteiger charge is 2.15. The van der Waals surface area contributed by atoms with Gasteiger partial charge >= 0.3 is 0 Å². The van der Waals surface area contributed by atoms with Crippen molar-refractivity contribution in [2.75, 3.05) is 32.5 Å². The largest absolute Gasteiger partial charge is 0.340 e. The van der Waals surface area contributed by atoms with Crippen molar-refractivity contribution in [1.29, 1.82) is 0 Å². The Morgan fingerprint density at radius 1 is 1.00 bits per heavy atom. The predicted molar refractivity (Wildman–Crippen MR) is 106 cm³/mol. The summed E-state index contributed by atoms with van der Waals surface area (Å²) in [6.07, 6.45) is 0. The molecule has 0 spiro atoms. The summed E-state index contributed by atoms with van der Waals surface area (Å²) in [5.74, 6) is -0.316. The normalized spacial score (nSPS) is 10.7. The SMILES string of the molecule is CN(CC(=O)Nc1ccccc1Cl)CC(=O)N(C)Cc1cccc(Cl)c1. The Balaban J connectivity index is 1.82. The maximum atomic E-state index is 12.3. The van der Waals surface area contributed by atoms with E-state index in [1.54, 1.807) is 54.2 Å². The molecule has 0 aliphatic rings. The zero-order chi connectivity index (χ0) is 19.1. The number of nitrogens with zero attached hydrogens (tertiary/aromatic N) is 2. The van der Waals surface area contributed by atoms with Gasteiger partial charge in [0.1, 0.15) is 0 Å². The van der Waals surface area contributed by atoms with E-state index in [4.69, 9.17) is 23.2 Å². The van der Waals surface area contributed by atoms with Crippen molar-refractivity contribution in [2.45, 2.75) is 6.54 Å². The van der Waals surface area contributed by atoms with E-state index in [9.17, 15) is 9.59 Å². The number of benzene rings is 2. The maximum absolute atomic E-state index is 12.3. The topological polar surface area (TPSA) is 52.7 Å². The number of hydrogen-bond donors (Lipinski definition) is 1. The summed E-state index contributed by atoms with van der Waals surface area (Å²) in [4.78, 5) is 27.7. The van der Waals surface area contributed by atoms with Crippen LogP contribution in [0.3, 0.4) is 0 Å². The van der Waals surface area contributed by atoms with Crippen molar-refractivity contribution in [3.63, 3.8) is 0 Å². The summed E-state index contributed by atoms with van der Waals surface area (Å²) in [7, 11) is 3.44. The van der Waals surface area contributed by atoms with Gasteiger partial charge in [0.25, 0.3) is 0 Å². The van der Waals surface area contributed by atoms with E-state index in [1.807, 2.05) is 18.2 Å². The number of hydrogen-bond acceptors (Lipinski definition) is 3. The highest BCUT2D eigenvalue weighted by Crippen LogP contribution is 2.20. The van der Waals surface area contributed by atoms with Crippen LogP contribution in [-0.2, 0) is 16.1 Å². The van der Waals surface area contributed by atoms with Crippen LogP contribution >= 0.6 is 23.2 Å². The fraction of sp³-hybridized carbons (Fsp3) is 0.263. The van der Waals surface area contributed by atoms with Crippen LogP contribution in [0.25, 0.3) is 0 Å². The summed E-state index contributed by atoms with van der Waals surface area (Å²) in [5.41, 5.74) is 1.50. The quantitative estimate of drug-likeness (QED) is 0.782. The lowest BCUT2D eigenvalue weighted by Gasteiger charge is -2.22. The molecule has 0 heterocycles. The number of carbonyl (C=O) groups is 2. The van der Waals surface area contributed by atoms with Crippen LogP contribution < -0.4 is 5.32 Å². The van der Waals surface area contributed by atoms with Crippen LogP contribution in [0.1, 0.15) is 5.56 Å². The maximum Gasteiger partial charge on any atom is 0.238 e. The lowest BCUT2D eigenvalue weighted by atomic mass is 10.2. The van der Waals surface area contributed by atoms with E-state index in [0.29, 0.717) is 22.3 Å². The van der Waals surface area contributed by atoms with Crippen LogP contribution in [0.2, 0.25) is 10.0 Å². The van der Waals surface area contributed by atoms with E-state index < -0.39 is 0 Å².